The highest BCUT2D eigenvalue weighted by Gasteiger charge is 2.11. The van der Waals surface area contributed by atoms with Gasteiger partial charge in [0.2, 0.25) is 0 Å². The number of para-hydroxylation sites is 3. The Bertz CT molecular complexity index is 1060. The molecule has 3 aromatic carbocycles. The minimum Gasteiger partial charge on any atom is -0.497 e. The van der Waals surface area contributed by atoms with Crippen molar-refractivity contribution in [1.29, 1.82) is 0 Å². The highest BCUT2D eigenvalue weighted by atomic mass is 16.5. The standard InChI is InChI=1S/C24H24N2O3/c1-27-20-11-7-12-21(17-20)28-16-8-15-26-23-14-6-5-13-22(23)25-24(26)18-29-19-9-3-2-4-10-19/h2-7,9-14,17H,8,15-16,18H2,1H3. The number of fused-ring (bicyclic) bond motifs is 1. The summed E-state index contributed by atoms with van der Waals surface area (Å²) in [5.74, 6) is 3.36. The first-order chi connectivity index (χ1) is 14.3. The maximum atomic E-state index is 5.93. The molecule has 29 heavy (non-hydrogen) atoms. The van der Waals surface area contributed by atoms with Crippen molar-refractivity contribution < 1.29 is 14.2 Å². The lowest BCUT2D eigenvalue weighted by atomic mass is 10.3. The molecule has 0 spiro atoms. The van der Waals surface area contributed by atoms with Crippen LogP contribution in [-0.4, -0.2) is 23.3 Å². The third kappa shape index (κ3) is 4.69. The summed E-state index contributed by atoms with van der Waals surface area (Å²) in [5, 5.41) is 0. The van der Waals surface area contributed by atoms with Gasteiger partial charge in [-0.2, -0.15) is 0 Å². The summed E-state index contributed by atoms with van der Waals surface area (Å²) >= 11 is 0. The third-order valence-corrected chi connectivity index (χ3v) is 4.68. The molecule has 0 bridgehead atoms. The topological polar surface area (TPSA) is 45.5 Å². The molecule has 0 unspecified atom stereocenters. The Morgan fingerprint density at radius 3 is 2.41 bits per heavy atom. The Labute approximate surface area is 170 Å². The van der Waals surface area contributed by atoms with Gasteiger partial charge in [0.25, 0.3) is 0 Å². The van der Waals surface area contributed by atoms with E-state index in [0.717, 1.165) is 47.1 Å². The molecule has 0 aliphatic heterocycles. The molecule has 0 N–H and O–H groups in total. The van der Waals surface area contributed by atoms with E-state index >= 15 is 0 Å². The molecule has 148 valence electrons. The van der Waals surface area contributed by atoms with E-state index in [-0.39, 0.29) is 0 Å². The number of hydrogen-bond acceptors (Lipinski definition) is 4. The largest absolute Gasteiger partial charge is 0.497 e. The summed E-state index contributed by atoms with van der Waals surface area (Å²) < 4.78 is 19.3. The van der Waals surface area contributed by atoms with Gasteiger partial charge in [-0.25, -0.2) is 4.98 Å². The van der Waals surface area contributed by atoms with E-state index in [4.69, 9.17) is 19.2 Å². The van der Waals surface area contributed by atoms with Crippen molar-refractivity contribution in [3.63, 3.8) is 0 Å². The van der Waals surface area contributed by atoms with Crippen LogP contribution in [-0.2, 0) is 13.2 Å². The highest BCUT2D eigenvalue weighted by molar-refractivity contribution is 5.75. The van der Waals surface area contributed by atoms with Crippen molar-refractivity contribution in [3.05, 3.63) is 84.7 Å². The van der Waals surface area contributed by atoms with E-state index in [9.17, 15) is 0 Å². The maximum Gasteiger partial charge on any atom is 0.147 e. The summed E-state index contributed by atoms with van der Waals surface area (Å²) in [6, 6.07) is 25.7. The predicted molar refractivity (Wildman–Crippen MR) is 114 cm³/mol. The van der Waals surface area contributed by atoms with Gasteiger partial charge in [0.15, 0.2) is 0 Å². The molecule has 0 aliphatic carbocycles. The lowest BCUT2D eigenvalue weighted by Crippen LogP contribution is -2.10. The smallest absolute Gasteiger partial charge is 0.147 e. The van der Waals surface area contributed by atoms with Crippen LogP contribution in [0.25, 0.3) is 11.0 Å². The van der Waals surface area contributed by atoms with Gasteiger partial charge in [-0.1, -0.05) is 36.4 Å². The van der Waals surface area contributed by atoms with Crippen LogP contribution in [0.15, 0.2) is 78.9 Å². The van der Waals surface area contributed by atoms with Gasteiger partial charge >= 0.3 is 0 Å². The first-order valence-corrected chi connectivity index (χ1v) is 9.72. The molecular weight excluding hydrogens is 364 g/mol. The zero-order valence-corrected chi connectivity index (χ0v) is 16.5. The van der Waals surface area contributed by atoms with Gasteiger partial charge in [-0.3, -0.25) is 0 Å². The summed E-state index contributed by atoms with van der Waals surface area (Å²) in [4.78, 5) is 4.77. The molecule has 0 saturated carbocycles. The molecule has 0 fully saturated rings. The van der Waals surface area contributed by atoms with Gasteiger partial charge in [0.05, 0.1) is 24.8 Å². The van der Waals surface area contributed by atoms with Crippen molar-refractivity contribution in [3.8, 4) is 17.2 Å². The van der Waals surface area contributed by atoms with Crippen molar-refractivity contribution in [2.24, 2.45) is 0 Å². The zero-order valence-electron chi connectivity index (χ0n) is 16.5. The number of ether oxygens (including phenoxy) is 3. The molecule has 0 amide bonds. The van der Waals surface area contributed by atoms with E-state index in [2.05, 4.69) is 10.6 Å². The number of imidazole rings is 1. The molecule has 0 saturated heterocycles. The second-order valence-electron chi connectivity index (χ2n) is 6.65. The summed E-state index contributed by atoms with van der Waals surface area (Å²) in [6.45, 7) is 1.84. The number of aromatic nitrogens is 2. The fourth-order valence-corrected chi connectivity index (χ4v) is 3.25. The molecule has 1 aromatic heterocycles. The van der Waals surface area contributed by atoms with E-state index in [1.807, 2.05) is 72.8 Å². The second-order valence-corrected chi connectivity index (χ2v) is 6.65. The van der Waals surface area contributed by atoms with Gasteiger partial charge in [0.1, 0.15) is 29.7 Å². The first kappa shape index (κ1) is 18.9. The Hall–Kier alpha value is -3.47. The van der Waals surface area contributed by atoms with Gasteiger partial charge in [-0.15, -0.1) is 0 Å². The van der Waals surface area contributed by atoms with E-state index in [1.54, 1.807) is 7.11 Å². The van der Waals surface area contributed by atoms with Gasteiger partial charge in [-0.05, 0) is 42.8 Å². The molecule has 4 aromatic rings. The van der Waals surface area contributed by atoms with Crippen molar-refractivity contribution in [2.75, 3.05) is 13.7 Å². The molecule has 4 rings (SSSR count). The minimum atomic E-state index is 0.426. The second kappa shape index (κ2) is 9.15. The average molecular weight is 388 g/mol. The fourth-order valence-electron chi connectivity index (χ4n) is 3.25. The van der Waals surface area contributed by atoms with Crippen molar-refractivity contribution in [1.82, 2.24) is 9.55 Å². The Balaban J connectivity index is 1.42. The van der Waals surface area contributed by atoms with Crippen molar-refractivity contribution >= 4 is 11.0 Å². The van der Waals surface area contributed by atoms with Crippen molar-refractivity contribution in [2.45, 2.75) is 19.6 Å². The molecule has 0 radical (unpaired) electrons. The zero-order chi connectivity index (χ0) is 19.9. The summed E-state index contributed by atoms with van der Waals surface area (Å²) in [5.41, 5.74) is 2.09. The minimum absolute atomic E-state index is 0.426. The van der Waals surface area contributed by atoms with E-state index in [1.165, 1.54) is 0 Å². The lowest BCUT2D eigenvalue weighted by molar-refractivity contribution is 0.280. The van der Waals surface area contributed by atoms with Crippen LogP contribution >= 0.6 is 0 Å². The van der Waals surface area contributed by atoms with Crippen LogP contribution in [0, 0.1) is 0 Å². The molecule has 0 atom stereocenters. The maximum absolute atomic E-state index is 5.93. The van der Waals surface area contributed by atoms with Crippen LogP contribution in [0.4, 0.5) is 0 Å². The highest BCUT2D eigenvalue weighted by Crippen LogP contribution is 2.21. The Morgan fingerprint density at radius 2 is 1.55 bits per heavy atom. The monoisotopic (exact) mass is 388 g/mol. The van der Waals surface area contributed by atoms with Crippen LogP contribution in [0.3, 0.4) is 0 Å². The molecular formula is C24H24N2O3. The lowest BCUT2D eigenvalue weighted by Gasteiger charge is -2.12. The Morgan fingerprint density at radius 1 is 0.793 bits per heavy atom. The fraction of sp³-hybridized carbons (Fsp3) is 0.208. The molecule has 0 aliphatic rings. The number of benzene rings is 3. The van der Waals surface area contributed by atoms with Crippen LogP contribution < -0.4 is 14.2 Å². The quantitative estimate of drug-likeness (QED) is 0.375. The summed E-state index contributed by atoms with van der Waals surface area (Å²) in [7, 11) is 1.66. The van der Waals surface area contributed by atoms with Crippen LogP contribution in [0.1, 0.15) is 12.2 Å². The number of rotatable bonds is 9. The van der Waals surface area contributed by atoms with Gasteiger partial charge < -0.3 is 18.8 Å². The average Bonchev–Trinajstić information content (AvgIpc) is 3.13. The van der Waals surface area contributed by atoms with Crippen LogP contribution in [0.5, 0.6) is 17.2 Å². The number of aryl methyl sites for hydroxylation is 1. The number of hydrogen-bond donors (Lipinski definition) is 0. The normalized spacial score (nSPS) is 10.8. The number of methoxy groups -OCH3 is 1. The molecule has 5 nitrogen and oxygen atoms in total. The summed E-state index contributed by atoms with van der Waals surface area (Å²) in [6.07, 6.45) is 0.857. The molecule has 5 heteroatoms. The van der Waals surface area contributed by atoms with E-state index in [0.29, 0.717) is 13.2 Å². The van der Waals surface area contributed by atoms with Gasteiger partial charge in [0, 0.05) is 12.6 Å². The van der Waals surface area contributed by atoms with E-state index < -0.39 is 0 Å². The Kier molecular flexibility index (Phi) is 5.95. The SMILES string of the molecule is COc1cccc(OCCCn2c(COc3ccccc3)nc3ccccc32)c1. The third-order valence-electron chi connectivity index (χ3n) is 4.68. The van der Waals surface area contributed by atoms with Crippen LogP contribution in [0.2, 0.25) is 0 Å². The first-order valence-electron chi connectivity index (χ1n) is 9.72. The number of nitrogens with zero attached hydrogens (tertiary/aromatic N) is 2. The molecule has 1 heterocycles. The predicted octanol–water partition coefficient (Wildman–Crippen LogP) is 5.09.